The molecular weight excluding hydrogens is 360 g/mol. The molecule has 0 N–H and O–H groups in total. The molecule has 0 atom stereocenters. The smallest absolute Gasteiger partial charge is 0.167 e. The van der Waals surface area contributed by atoms with Crippen LogP contribution in [0.4, 0.5) is 0 Å². The molecule has 0 saturated heterocycles. The van der Waals surface area contributed by atoms with Crippen LogP contribution in [0.15, 0.2) is 40.9 Å². The highest BCUT2D eigenvalue weighted by Crippen LogP contribution is 2.29. The molecule has 0 aromatic heterocycles. The summed E-state index contributed by atoms with van der Waals surface area (Å²) in [5, 5.41) is 0.575. The summed E-state index contributed by atoms with van der Waals surface area (Å²) in [6.07, 6.45) is 0.708. The van der Waals surface area contributed by atoms with Crippen LogP contribution in [0.2, 0.25) is 0 Å². The van der Waals surface area contributed by atoms with Gasteiger partial charge in [0, 0.05) is 16.5 Å². The number of thiocarbonyl (C=S) groups is 1. The molecule has 2 aromatic carbocycles. The first-order valence-corrected chi connectivity index (χ1v) is 8.39. The molecule has 22 heavy (non-hydrogen) atoms. The lowest BCUT2D eigenvalue weighted by Gasteiger charge is -2.15. The van der Waals surface area contributed by atoms with Crippen LogP contribution < -0.4 is 9.47 Å². The van der Waals surface area contributed by atoms with Crippen LogP contribution in [0.25, 0.3) is 0 Å². The van der Waals surface area contributed by atoms with Crippen LogP contribution in [0.1, 0.15) is 30.0 Å². The minimum absolute atomic E-state index is 0.424. The lowest BCUT2D eigenvalue weighted by atomic mass is 10.1. The van der Waals surface area contributed by atoms with Crippen molar-refractivity contribution in [3.05, 3.63) is 57.6 Å². The molecule has 4 heteroatoms. The van der Waals surface area contributed by atoms with Crippen LogP contribution in [-0.2, 0) is 6.61 Å². The zero-order chi connectivity index (χ0) is 16.1. The third-order valence-corrected chi connectivity index (χ3v) is 4.41. The Morgan fingerprint density at radius 3 is 2.59 bits per heavy atom. The van der Waals surface area contributed by atoms with E-state index in [1.807, 2.05) is 44.2 Å². The Morgan fingerprint density at radius 1 is 1.14 bits per heavy atom. The molecule has 0 aliphatic heterocycles. The van der Waals surface area contributed by atoms with Crippen molar-refractivity contribution in [2.24, 2.45) is 0 Å². The zero-order valence-electron chi connectivity index (χ0n) is 13.0. The van der Waals surface area contributed by atoms with E-state index in [9.17, 15) is 0 Å². The van der Waals surface area contributed by atoms with Crippen molar-refractivity contribution < 1.29 is 9.47 Å². The van der Waals surface area contributed by atoms with E-state index in [1.165, 1.54) is 5.56 Å². The molecule has 2 nitrogen and oxygen atoms in total. The van der Waals surface area contributed by atoms with Gasteiger partial charge < -0.3 is 9.47 Å². The van der Waals surface area contributed by atoms with Gasteiger partial charge in [0.15, 0.2) is 5.05 Å². The first kappa shape index (κ1) is 17.0. The topological polar surface area (TPSA) is 18.5 Å². The van der Waals surface area contributed by atoms with E-state index in [4.69, 9.17) is 21.7 Å². The second-order valence-corrected chi connectivity index (χ2v) is 6.41. The average Bonchev–Trinajstić information content (AvgIpc) is 2.48. The summed E-state index contributed by atoms with van der Waals surface area (Å²) in [4.78, 5) is 0. The summed E-state index contributed by atoms with van der Waals surface area (Å²) >= 11 is 8.73. The van der Waals surface area contributed by atoms with Crippen molar-refractivity contribution >= 4 is 33.2 Å². The van der Waals surface area contributed by atoms with Crippen molar-refractivity contribution in [1.82, 2.24) is 0 Å². The molecule has 0 fully saturated rings. The van der Waals surface area contributed by atoms with E-state index in [0.29, 0.717) is 18.1 Å². The highest BCUT2D eigenvalue weighted by atomic mass is 79.9. The normalized spacial score (nSPS) is 10.4. The number of hydrogen-bond donors (Lipinski definition) is 0. The quantitative estimate of drug-likeness (QED) is 0.616. The maximum Gasteiger partial charge on any atom is 0.167 e. The molecule has 2 aromatic rings. The fourth-order valence-corrected chi connectivity index (χ4v) is 2.63. The van der Waals surface area contributed by atoms with E-state index in [2.05, 4.69) is 28.9 Å². The monoisotopic (exact) mass is 378 g/mol. The number of aryl methyl sites for hydroxylation is 2. The maximum absolute atomic E-state index is 5.96. The van der Waals surface area contributed by atoms with Crippen LogP contribution >= 0.6 is 28.1 Å². The highest BCUT2D eigenvalue weighted by molar-refractivity contribution is 9.10. The number of benzene rings is 2. The van der Waals surface area contributed by atoms with E-state index in [0.717, 1.165) is 27.1 Å². The largest absolute Gasteiger partial charge is 0.488 e. The molecule has 0 saturated carbocycles. The van der Waals surface area contributed by atoms with Crippen molar-refractivity contribution in [1.29, 1.82) is 0 Å². The van der Waals surface area contributed by atoms with Gasteiger partial charge >= 0.3 is 0 Å². The Morgan fingerprint density at radius 2 is 1.91 bits per heavy atom. The Bertz CT molecular complexity index is 683. The van der Waals surface area contributed by atoms with Gasteiger partial charge in [0.1, 0.15) is 18.1 Å². The van der Waals surface area contributed by atoms with E-state index in [1.54, 1.807) is 0 Å². The number of rotatable bonds is 5. The average molecular weight is 379 g/mol. The van der Waals surface area contributed by atoms with E-state index < -0.39 is 0 Å². The molecule has 0 amide bonds. The minimum atomic E-state index is 0.424. The first-order chi connectivity index (χ1) is 10.5. The summed E-state index contributed by atoms with van der Waals surface area (Å²) < 4.78 is 12.6. The van der Waals surface area contributed by atoms with Crippen molar-refractivity contribution in [2.75, 3.05) is 0 Å². The molecule has 116 valence electrons. The zero-order valence-corrected chi connectivity index (χ0v) is 15.4. The van der Waals surface area contributed by atoms with Gasteiger partial charge in [-0.2, -0.15) is 0 Å². The van der Waals surface area contributed by atoms with Gasteiger partial charge in [-0.15, -0.1) is 0 Å². The number of ether oxygens (including phenoxy) is 2. The Balaban J connectivity index is 2.19. The maximum atomic E-state index is 5.96. The Kier molecular flexibility index (Phi) is 5.98. The van der Waals surface area contributed by atoms with Gasteiger partial charge in [-0.25, -0.2) is 0 Å². The van der Waals surface area contributed by atoms with Crippen LogP contribution in [0, 0.1) is 13.8 Å². The molecule has 0 spiro atoms. The van der Waals surface area contributed by atoms with E-state index >= 15 is 0 Å². The second-order valence-electron chi connectivity index (χ2n) is 5.10. The Hall–Kier alpha value is -1.39. The van der Waals surface area contributed by atoms with Crippen molar-refractivity contribution in [2.45, 2.75) is 33.8 Å². The number of halogens is 1. The van der Waals surface area contributed by atoms with Gasteiger partial charge in [-0.3, -0.25) is 0 Å². The molecule has 0 aliphatic carbocycles. The van der Waals surface area contributed by atoms with Crippen LogP contribution in [0.3, 0.4) is 0 Å². The summed E-state index contributed by atoms with van der Waals surface area (Å²) in [5.41, 5.74) is 3.31. The fraction of sp³-hybridized carbons (Fsp3) is 0.278. The molecule has 0 aliphatic rings. The molecule has 0 bridgehead atoms. The standard InChI is InChI=1S/C18H19BrO2S/c1-4-18(22)21-17-7-5-6-15(19)14(17)11-20-16-9-8-12(2)10-13(16)3/h5-10H,4,11H2,1-3H3. The molecule has 0 radical (unpaired) electrons. The molecule has 2 rings (SSSR count). The highest BCUT2D eigenvalue weighted by Gasteiger charge is 2.11. The third kappa shape index (κ3) is 4.31. The first-order valence-electron chi connectivity index (χ1n) is 7.19. The summed E-state index contributed by atoms with van der Waals surface area (Å²) in [6.45, 7) is 6.52. The van der Waals surface area contributed by atoms with Gasteiger partial charge in [0.25, 0.3) is 0 Å². The summed E-state index contributed by atoms with van der Waals surface area (Å²) in [7, 11) is 0. The molecular formula is C18H19BrO2S. The lowest BCUT2D eigenvalue weighted by Crippen LogP contribution is -2.07. The predicted octanol–water partition coefficient (Wildman–Crippen LogP) is 5.76. The predicted molar refractivity (Wildman–Crippen MR) is 97.9 cm³/mol. The van der Waals surface area contributed by atoms with E-state index in [-0.39, 0.29) is 0 Å². The van der Waals surface area contributed by atoms with Gasteiger partial charge in [-0.1, -0.05) is 46.6 Å². The summed E-state index contributed by atoms with van der Waals surface area (Å²) in [5.74, 6) is 1.62. The minimum Gasteiger partial charge on any atom is -0.488 e. The van der Waals surface area contributed by atoms with Crippen molar-refractivity contribution in [3.63, 3.8) is 0 Å². The van der Waals surface area contributed by atoms with Gasteiger partial charge in [-0.05, 0) is 49.8 Å². The van der Waals surface area contributed by atoms with Crippen LogP contribution in [-0.4, -0.2) is 5.05 Å². The van der Waals surface area contributed by atoms with Crippen LogP contribution in [0.5, 0.6) is 11.5 Å². The lowest BCUT2D eigenvalue weighted by molar-refractivity contribution is 0.299. The van der Waals surface area contributed by atoms with Gasteiger partial charge in [0.2, 0.25) is 0 Å². The Labute approximate surface area is 145 Å². The number of hydrogen-bond acceptors (Lipinski definition) is 3. The van der Waals surface area contributed by atoms with Crippen molar-refractivity contribution in [3.8, 4) is 11.5 Å². The molecule has 0 unspecified atom stereocenters. The SMILES string of the molecule is CCC(=S)Oc1cccc(Br)c1COc1ccc(C)cc1C. The fourth-order valence-electron chi connectivity index (χ4n) is 2.08. The molecule has 0 heterocycles. The van der Waals surface area contributed by atoms with Gasteiger partial charge in [0.05, 0.1) is 0 Å². The third-order valence-electron chi connectivity index (χ3n) is 3.29. The second kappa shape index (κ2) is 7.75. The summed E-state index contributed by atoms with van der Waals surface area (Å²) in [6, 6.07) is 12.0.